The fraction of sp³-hybridized carbons (Fsp3) is 0.222. The summed E-state index contributed by atoms with van der Waals surface area (Å²) >= 11 is 6.15. The third kappa shape index (κ3) is 5.26. The number of anilines is 1. The van der Waals surface area contributed by atoms with E-state index in [9.17, 15) is 19.7 Å². The molecule has 0 aromatic heterocycles. The third-order valence-corrected chi connectivity index (χ3v) is 4.11. The fourth-order valence-electron chi connectivity index (χ4n) is 2.24. The monoisotopic (exact) mass is 420 g/mol. The van der Waals surface area contributed by atoms with Crippen LogP contribution < -0.4 is 13.9 Å². The molecule has 0 N–H and O–H groups in total. The van der Waals surface area contributed by atoms with Crippen molar-refractivity contribution in [2.45, 2.75) is 13.0 Å². The van der Waals surface area contributed by atoms with Crippen molar-refractivity contribution >= 4 is 40.5 Å². The first-order valence-corrected chi connectivity index (χ1v) is 8.49. The van der Waals surface area contributed by atoms with Gasteiger partial charge in [-0.15, -0.1) is 0 Å². The summed E-state index contributed by atoms with van der Waals surface area (Å²) in [6, 6.07) is 8.23. The summed E-state index contributed by atoms with van der Waals surface area (Å²) in [5.41, 5.74) is 0.302. The Bertz CT molecular complexity index is 948. The predicted octanol–water partition coefficient (Wildman–Crippen LogP) is 3.84. The smallest absolute Gasteiger partial charge is 0.276 e. The van der Waals surface area contributed by atoms with Crippen molar-refractivity contribution in [1.82, 2.24) is 0 Å². The number of rotatable bonds is 8. The van der Waals surface area contributed by atoms with Gasteiger partial charge in [-0.1, -0.05) is 0 Å². The number of amides is 1. The van der Waals surface area contributed by atoms with Gasteiger partial charge in [0.05, 0.1) is 24.8 Å². The van der Waals surface area contributed by atoms with Crippen molar-refractivity contribution in [2.75, 3.05) is 18.6 Å². The van der Waals surface area contributed by atoms with E-state index in [0.717, 1.165) is 4.42 Å². The topological polar surface area (TPSA) is 124 Å². The number of halogens is 1. The second-order valence-electron chi connectivity index (χ2n) is 5.66. The predicted molar refractivity (Wildman–Crippen MR) is 105 cm³/mol. The van der Waals surface area contributed by atoms with Gasteiger partial charge in [-0.2, -0.15) is 10.2 Å². The molecule has 0 aliphatic rings. The van der Waals surface area contributed by atoms with Gasteiger partial charge < -0.3 is 9.47 Å². The van der Waals surface area contributed by atoms with E-state index in [0.29, 0.717) is 5.75 Å². The molecule has 152 valence electrons. The maximum absolute atomic E-state index is 12.7. The number of nitro benzene ring substituents is 1. The Balaban J connectivity index is 2.27. The highest BCUT2D eigenvalue weighted by atomic mass is 35.5. The molecular weight excluding hydrogens is 404 g/mol. The quantitative estimate of drug-likeness (QED) is 0.210. The minimum absolute atomic E-state index is 0.123. The molecule has 0 radical (unpaired) electrons. The van der Waals surface area contributed by atoms with Crippen LogP contribution in [0.5, 0.6) is 11.5 Å². The summed E-state index contributed by atoms with van der Waals surface area (Å²) in [5.74, 6) is -0.682. The van der Waals surface area contributed by atoms with E-state index in [4.69, 9.17) is 21.3 Å². The first-order chi connectivity index (χ1) is 13.8. The largest absolute Gasteiger partial charge is 0.497 e. The highest BCUT2D eigenvalue weighted by molar-refractivity contribution is 6.39. The number of benzene rings is 2. The highest BCUT2D eigenvalue weighted by Crippen LogP contribution is 2.34. The Kier molecular flexibility index (Phi) is 7.21. The number of ether oxygens (including phenoxy) is 2. The molecule has 1 unspecified atom stereocenters. The summed E-state index contributed by atoms with van der Waals surface area (Å²) in [7, 11) is 2.87. The fourth-order valence-corrected chi connectivity index (χ4v) is 2.48. The van der Waals surface area contributed by atoms with Crippen LogP contribution in [-0.2, 0) is 9.59 Å². The molecule has 0 aliphatic heterocycles. The Morgan fingerprint density at radius 2 is 1.79 bits per heavy atom. The van der Waals surface area contributed by atoms with Crippen molar-refractivity contribution in [2.24, 2.45) is 10.2 Å². The second-order valence-corrected chi connectivity index (χ2v) is 6.00. The molecule has 0 saturated carbocycles. The molecule has 1 atom stereocenters. The Labute approximate surface area is 171 Å². The first kappa shape index (κ1) is 21.8. The molecule has 0 spiro atoms. The lowest BCUT2D eigenvalue weighted by molar-refractivity contribution is -0.384. The van der Waals surface area contributed by atoms with E-state index in [1.807, 2.05) is 0 Å². The van der Waals surface area contributed by atoms with Crippen LogP contribution in [-0.4, -0.2) is 36.9 Å². The van der Waals surface area contributed by atoms with Crippen LogP contribution in [0.2, 0.25) is 0 Å². The molecule has 0 fully saturated rings. The maximum atomic E-state index is 12.7. The van der Waals surface area contributed by atoms with Crippen LogP contribution in [0, 0.1) is 10.1 Å². The molecule has 0 bridgehead atoms. The number of carbonyl (C=O) groups excluding carboxylic acids is 2. The summed E-state index contributed by atoms with van der Waals surface area (Å²) in [6.45, 7) is 1.17. The average molecular weight is 421 g/mol. The number of ketones is 1. The molecule has 2 rings (SSSR count). The van der Waals surface area contributed by atoms with Crippen LogP contribution in [0.1, 0.15) is 6.92 Å². The Hall–Kier alpha value is -3.53. The van der Waals surface area contributed by atoms with Crippen LogP contribution in [0.4, 0.5) is 17.1 Å². The van der Waals surface area contributed by atoms with E-state index >= 15 is 0 Å². The Morgan fingerprint density at radius 1 is 1.14 bits per heavy atom. The summed E-state index contributed by atoms with van der Waals surface area (Å²) in [4.78, 5) is 34.8. The molecule has 29 heavy (non-hydrogen) atoms. The maximum Gasteiger partial charge on any atom is 0.276 e. The molecule has 10 nitrogen and oxygen atoms in total. The number of azo groups is 1. The number of nitrogens with zero attached hydrogens (tertiary/aromatic N) is 4. The van der Waals surface area contributed by atoms with Gasteiger partial charge in [0.1, 0.15) is 17.2 Å². The molecule has 2 aromatic carbocycles. The minimum atomic E-state index is -1.51. The number of hydrogen-bond donors (Lipinski definition) is 0. The van der Waals surface area contributed by atoms with Gasteiger partial charge >= 0.3 is 0 Å². The standard InChI is InChI=1S/C18H17ClN4O6/c1-11(24)17(21-20-12-4-6-13(7-5-12)23(26)27)18(25)22(19)15-9-8-14(28-2)10-16(15)29-3/h4-10,17H,1-3H3. The number of nitro groups is 1. The van der Waals surface area contributed by atoms with Gasteiger partial charge in [-0.25, -0.2) is 4.42 Å². The lowest BCUT2D eigenvalue weighted by Gasteiger charge is -2.19. The van der Waals surface area contributed by atoms with Crippen molar-refractivity contribution in [3.05, 3.63) is 52.6 Å². The molecule has 1 amide bonds. The zero-order valence-corrected chi connectivity index (χ0v) is 16.5. The van der Waals surface area contributed by atoms with E-state index in [1.54, 1.807) is 6.07 Å². The number of non-ortho nitro benzene ring substituents is 1. The van der Waals surface area contributed by atoms with Gasteiger partial charge in [0.25, 0.3) is 11.6 Å². The van der Waals surface area contributed by atoms with E-state index in [1.165, 1.54) is 57.5 Å². The summed E-state index contributed by atoms with van der Waals surface area (Å²) in [6.07, 6.45) is 0. The molecule has 11 heteroatoms. The highest BCUT2D eigenvalue weighted by Gasteiger charge is 2.30. The zero-order chi connectivity index (χ0) is 21.6. The van der Waals surface area contributed by atoms with E-state index in [-0.39, 0.29) is 22.8 Å². The second kappa shape index (κ2) is 9.60. The Morgan fingerprint density at radius 3 is 2.31 bits per heavy atom. The van der Waals surface area contributed by atoms with Crippen molar-refractivity contribution < 1.29 is 24.0 Å². The van der Waals surface area contributed by atoms with E-state index in [2.05, 4.69) is 10.2 Å². The number of carbonyl (C=O) groups is 2. The van der Waals surface area contributed by atoms with Crippen LogP contribution in [0.15, 0.2) is 52.7 Å². The molecule has 0 aliphatic carbocycles. The normalized spacial score (nSPS) is 11.7. The van der Waals surface area contributed by atoms with E-state index < -0.39 is 22.7 Å². The SMILES string of the molecule is COc1ccc(N(Cl)C(=O)C(N=Nc2ccc([N+](=O)[O-])cc2)C(C)=O)c(OC)c1. The first-order valence-electron chi connectivity index (χ1n) is 8.16. The number of hydrogen-bond acceptors (Lipinski definition) is 8. The van der Waals surface area contributed by atoms with Gasteiger partial charge in [0.2, 0.25) is 6.04 Å². The van der Waals surface area contributed by atoms with Crippen LogP contribution >= 0.6 is 11.8 Å². The minimum Gasteiger partial charge on any atom is -0.497 e. The molecule has 0 saturated heterocycles. The van der Waals surface area contributed by atoms with Crippen LogP contribution in [0.25, 0.3) is 0 Å². The molecule has 0 heterocycles. The lowest BCUT2D eigenvalue weighted by Crippen LogP contribution is -2.36. The van der Waals surface area contributed by atoms with Gasteiger partial charge in [-0.3, -0.25) is 19.7 Å². The molecule has 2 aromatic rings. The summed E-state index contributed by atoms with van der Waals surface area (Å²) < 4.78 is 11.0. The van der Waals surface area contributed by atoms with Crippen LogP contribution in [0.3, 0.4) is 0 Å². The zero-order valence-electron chi connectivity index (χ0n) is 15.7. The van der Waals surface area contributed by atoms with Gasteiger partial charge in [0, 0.05) is 30.0 Å². The van der Waals surface area contributed by atoms with Crippen molar-refractivity contribution in [3.63, 3.8) is 0 Å². The van der Waals surface area contributed by atoms with Crippen molar-refractivity contribution in [3.8, 4) is 11.5 Å². The van der Waals surface area contributed by atoms with Gasteiger partial charge in [-0.05, 0) is 31.2 Å². The number of methoxy groups -OCH3 is 2. The lowest BCUT2D eigenvalue weighted by atomic mass is 10.2. The number of Topliss-reactive ketones (excluding diaryl/α,β-unsaturated/α-hetero) is 1. The molecular formula is C18H17ClN4O6. The average Bonchev–Trinajstić information content (AvgIpc) is 2.72. The third-order valence-electron chi connectivity index (χ3n) is 3.76. The van der Waals surface area contributed by atoms with Crippen molar-refractivity contribution in [1.29, 1.82) is 0 Å². The van der Waals surface area contributed by atoms with Gasteiger partial charge in [0.15, 0.2) is 5.78 Å². The summed E-state index contributed by atoms with van der Waals surface area (Å²) in [5, 5.41) is 18.3.